The van der Waals surface area contributed by atoms with Crippen molar-refractivity contribution in [3.05, 3.63) is 46.2 Å². The van der Waals surface area contributed by atoms with E-state index in [0.717, 1.165) is 43.1 Å². The number of H-pyrrole nitrogens is 1. The summed E-state index contributed by atoms with van der Waals surface area (Å²) in [6, 6.07) is 7.36. The quantitative estimate of drug-likeness (QED) is 0.630. The van der Waals surface area contributed by atoms with Crippen LogP contribution in [0.3, 0.4) is 0 Å². The smallest absolute Gasteiger partial charge is 0.223 e. The van der Waals surface area contributed by atoms with E-state index in [-0.39, 0.29) is 23.8 Å². The molecule has 0 unspecified atom stereocenters. The standard InChI is InChI=1S/C26H36ClN5O3/c1-18-23(19(2)29-28-18)7-8-25(33)32-10-9-24(35-22-6-4-5-21(27)16-22)20(17-32)15-26(34)31-13-11-30(3)12-14-31/h4-6,16,20,24H,7-15,17H2,1-3H3,(H,28,29)/t20-,24-/m0/s1. The van der Waals surface area contributed by atoms with E-state index in [9.17, 15) is 9.59 Å². The Labute approximate surface area is 212 Å². The van der Waals surface area contributed by atoms with Gasteiger partial charge in [-0.3, -0.25) is 14.7 Å². The number of hydrogen-bond acceptors (Lipinski definition) is 5. The molecule has 2 fully saturated rings. The summed E-state index contributed by atoms with van der Waals surface area (Å²) in [5.41, 5.74) is 3.07. The molecule has 3 heterocycles. The summed E-state index contributed by atoms with van der Waals surface area (Å²) >= 11 is 6.16. The summed E-state index contributed by atoms with van der Waals surface area (Å²) in [5, 5.41) is 7.84. The van der Waals surface area contributed by atoms with E-state index in [1.165, 1.54) is 0 Å². The number of likely N-dealkylation sites (N-methyl/N-ethyl adjacent to an activating group) is 1. The molecule has 2 aliphatic heterocycles. The van der Waals surface area contributed by atoms with E-state index in [1.54, 1.807) is 6.07 Å². The Morgan fingerprint density at radius 1 is 1.11 bits per heavy atom. The number of aromatic amines is 1. The Bertz CT molecular complexity index is 1010. The number of carbonyl (C=O) groups excluding carboxylic acids is 2. The number of carbonyl (C=O) groups is 2. The van der Waals surface area contributed by atoms with Gasteiger partial charge in [0.2, 0.25) is 11.8 Å². The highest BCUT2D eigenvalue weighted by molar-refractivity contribution is 6.30. The number of ether oxygens (including phenoxy) is 1. The summed E-state index contributed by atoms with van der Waals surface area (Å²) in [6.07, 6.45) is 2.01. The molecule has 1 aromatic heterocycles. The van der Waals surface area contributed by atoms with Crippen LogP contribution in [0.4, 0.5) is 0 Å². The molecule has 0 saturated carbocycles. The van der Waals surface area contributed by atoms with Crippen molar-refractivity contribution in [2.45, 2.75) is 45.6 Å². The van der Waals surface area contributed by atoms with Crippen LogP contribution in [0.25, 0.3) is 0 Å². The second kappa shape index (κ2) is 11.4. The molecule has 2 amide bonds. The van der Waals surface area contributed by atoms with Crippen molar-refractivity contribution in [3.63, 3.8) is 0 Å². The molecule has 2 atom stereocenters. The summed E-state index contributed by atoms with van der Waals surface area (Å²) in [6.45, 7) is 8.34. The van der Waals surface area contributed by atoms with Crippen LogP contribution in [0.15, 0.2) is 24.3 Å². The number of likely N-dealkylation sites (tertiary alicyclic amines) is 1. The maximum atomic E-state index is 13.2. The van der Waals surface area contributed by atoms with Crippen molar-refractivity contribution >= 4 is 23.4 Å². The van der Waals surface area contributed by atoms with Crippen LogP contribution in [0.5, 0.6) is 5.75 Å². The molecule has 2 aliphatic rings. The predicted octanol–water partition coefficient (Wildman–Crippen LogP) is 3.07. The minimum Gasteiger partial charge on any atom is -0.490 e. The van der Waals surface area contributed by atoms with Crippen LogP contribution in [0, 0.1) is 19.8 Å². The molecule has 0 spiro atoms. The first-order valence-electron chi connectivity index (χ1n) is 12.5. The fraction of sp³-hybridized carbons (Fsp3) is 0.577. The van der Waals surface area contributed by atoms with Gasteiger partial charge in [0.05, 0.1) is 5.69 Å². The zero-order chi connectivity index (χ0) is 24.9. The highest BCUT2D eigenvalue weighted by Crippen LogP contribution is 2.28. The molecule has 2 aromatic rings. The first-order valence-corrected chi connectivity index (χ1v) is 12.8. The molecule has 8 nitrogen and oxygen atoms in total. The summed E-state index contributed by atoms with van der Waals surface area (Å²) < 4.78 is 6.32. The normalized spacial score (nSPS) is 21.3. The summed E-state index contributed by atoms with van der Waals surface area (Å²) in [5.74, 6) is 0.881. The number of aromatic nitrogens is 2. The number of aryl methyl sites for hydroxylation is 2. The van der Waals surface area contributed by atoms with E-state index < -0.39 is 0 Å². The molecule has 0 radical (unpaired) electrons. The average Bonchev–Trinajstić information content (AvgIpc) is 3.16. The summed E-state index contributed by atoms with van der Waals surface area (Å²) in [7, 11) is 2.08. The molecular weight excluding hydrogens is 466 g/mol. The van der Waals surface area contributed by atoms with Crippen LogP contribution in [-0.2, 0) is 16.0 Å². The second-order valence-corrected chi connectivity index (χ2v) is 10.2. The minimum absolute atomic E-state index is 0.0729. The van der Waals surface area contributed by atoms with E-state index in [4.69, 9.17) is 16.3 Å². The van der Waals surface area contributed by atoms with Crippen molar-refractivity contribution < 1.29 is 14.3 Å². The maximum Gasteiger partial charge on any atom is 0.223 e. The number of halogens is 1. The van der Waals surface area contributed by atoms with Crippen molar-refractivity contribution in [2.24, 2.45) is 5.92 Å². The van der Waals surface area contributed by atoms with Crippen LogP contribution < -0.4 is 4.74 Å². The number of hydrogen-bond donors (Lipinski definition) is 1. The van der Waals surface area contributed by atoms with Gasteiger partial charge in [-0.25, -0.2) is 0 Å². The number of rotatable bonds is 7. The third kappa shape index (κ3) is 6.55. The Morgan fingerprint density at radius 2 is 1.89 bits per heavy atom. The number of nitrogens with zero attached hydrogens (tertiary/aromatic N) is 4. The van der Waals surface area contributed by atoms with Gasteiger partial charge in [0.25, 0.3) is 0 Å². The van der Waals surface area contributed by atoms with Gasteiger partial charge in [-0.2, -0.15) is 5.10 Å². The van der Waals surface area contributed by atoms with Gasteiger partial charge in [-0.05, 0) is 51.1 Å². The number of nitrogens with one attached hydrogen (secondary N) is 1. The molecule has 190 valence electrons. The predicted molar refractivity (Wildman–Crippen MR) is 136 cm³/mol. The number of piperidine rings is 1. The van der Waals surface area contributed by atoms with Gasteiger partial charge < -0.3 is 19.4 Å². The number of amides is 2. The average molecular weight is 502 g/mol. The Balaban J connectivity index is 1.42. The lowest BCUT2D eigenvalue weighted by Gasteiger charge is -2.40. The van der Waals surface area contributed by atoms with Gasteiger partial charge in [0.1, 0.15) is 11.9 Å². The number of piperazine rings is 1. The molecule has 35 heavy (non-hydrogen) atoms. The zero-order valence-electron chi connectivity index (χ0n) is 20.9. The molecule has 1 aromatic carbocycles. The van der Waals surface area contributed by atoms with Crippen LogP contribution in [0.1, 0.15) is 36.2 Å². The lowest BCUT2D eigenvalue weighted by atomic mass is 9.90. The molecule has 0 aliphatic carbocycles. The lowest BCUT2D eigenvalue weighted by Crippen LogP contribution is -2.51. The fourth-order valence-corrected chi connectivity index (χ4v) is 5.23. The SMILES string of the molecule is Cc1n[nH]c(C)c1CCC(=O)N1CC[C@H](Oc2cccc(Cl)c2)[C@@H](CC(=O)N2CCN(C)CC2)C1. The van der Waals surface area contributed by atoms with Crippen LogP contribution in [-0.4, -0.2) is 89.1 Å². The van der Waals surface area contributed by atoms with Gasteiger partial charge >= 0.3 is 0 Å². The first kappa shape index (κ1) is 25.5. The Morgan fingerprint density at radius 3 is 2.57 bits per heavy atom. The van der Waals surface area contributed by atoms with Crippen LogP contribution in [0.2, 0.25) is 5.02 Å². The van der Waals surface area contributed by atoms with E-state index in [1.807, 2.05) is 41.8 Å². The van der Waals surface area contributed by atoms with Crippen molar-refractivity contribution in [3.8, 4) is 5.75 Å². The summed E-state index contributed by atoms with van der Waals surface area (Å²) in [4.78, 5) is 32.4. The van der Waals surface area contributed by atoms with Gasteiger partial charge in [0, 0.05) is 75.2 Å². The fourth-order valence-electron chi connectivity index (χ4n) is 5.05. The lowest BCUT2D eigenvalue weighted by molar-refractivity contribution is -0.140. The maximum absolute atomic E-state index is 13.2. The van der Waals surface area contributed by atoms with Gasteiger partial charge in [-0.1, -0.05) is 17.7 Å². The third-order valence-corrected chi connectivity index (χ3v) is 7.50. The van der Waals surface area contributed by atoms with E-state index >= 15 is 0 Å². The first-order chi connectivity index (χ1) is 16.8. The van der Waals surface area contributed by atoms with Crippen molar-refractivity contribution in [2.75, 3.05) is 46.3 Å². The van der Waals surface area contributed by atoms with E-state index in [2.05, 4.69) is 22.1 Å². The molecule has 4 rings (SSSR count). The van der Waals surface area contributed by atoms with Gasteiger partial charge in [-0.15, -0.1) is 0 Å². The van der Waals surface area contributed by atoms with Crippen molar-refractivity contribution in [1.82, 2.24) is 24.9 Å². The van der Waals surface area contributed by atoms with Gasteiger partial charge in [0.15, 0.2) is 0 Å². The topological polar surface area (TPSA) is 81.8 Å². The van der Waals surface area contributed by atoms with Crippen LogP contribution >= 0.6 is 11.6 Å². The van der Waals surface area contributed by atoms with Crippen molar-refractivity contribution in [1.29, 1.82) is 0 Å². The monoisotopic (exact) mass is 501 g/mol. The highest BCUT2D eigenvalue weighted by Gasteiger charge is 2.35. The molecular formula is C26H36ClN5O3. The third-order valence-electron chi connectivity index (χ3n) is 7.26. The molecule has 9 heteroatoms. The van der Waals surface area contributed by atoms with E-state index in [0.29, 0.717) is 49.5 Å². The Kier molecular flexibility index (Phi) is 8.34. The number of benzene rings is 1. The Hall–Kier alpha value is -2.58. The molecule has 1 N–H and O–H groups in total. The second-order valence-electron chi connectivity index (χ2n) is 9.80. The molecule has 2 saturated heterocycles. The largest absolute Gasteiger partial charge is 0.490 e. The molecule has 0 bridgehead atoms. The highest BCUT2D eigenvalue weighted by atomic mass is 35.5. The zero-order valence-corrected chi connectivity index (χ0v) is 21.7. The minimum atomic E-state index is -0.146.